The van der Waals surface area contributed by atoms with E-state index in [0.717, 1.165) is 17.7 Å². The number of fused-ring (bicyclic) bond motifs is 1. The molecule has 0 atom stereocenters. The zero-order valence-corrected chi connectivity index (χ0v) is 13.0. The largest absolute Gasteiger partial charge is 1.00 e. The van der Waals surface area contributed by atoms with Gasteiger partial charge in [-0.05, 0) is 30.7 Å². The van der Waals surface area contributed by atoms with Gasteiger partial charge in [0.05, 0.1) is 6.07 Å². The van der Waals surface area contributed by atoms with E-state index in [0.29, 0.717) is 10.8 Å². The van der Waals surface area contributed by atoms with Crippen LogP contribution >= 0.6 is 11.6 Å². The van der Waals surface area contributed by atoms with Gasteiger partial charge < -0.3 is 21.9 Å². The third kappa shape index (κ3) is 3.03. The maximum atomic E-state index is 13.2. The quantitative estimate of drug-likeness (QED) is 0.423. The van der Waals surface area contributed by atoms with E-state index < -0.39 is 23.7 Å². The monoisotopic (exact) mass is 369 g/mol. The van der Waals surface area contributed by atoms with Crippen LogP contribution in [0.1, 0.15) is 5.56 Å². The number of alkyl halides is 4. The van der Waals surface area contributed by atoms with Gasteiger partial charge in [-0.15, -0.1) is 4.57 Å². The summed E-state index contributed by atoms with van der Waals surface area (Å²) >= 11 is 6.04. The summed E-state index contributed by atoms with van der Waals surface area (Å²) in [6, 6.07) is 7.08. The van der Waals surface area contributed by atoms with Gasteiger partial charge in [0, 0.05) is 17.7 Å². The highest BCUT2D eigenvalue weighted by atomic mass is 35.5. The van der Waals surface area contributed by atoms with Gasteiger partial charge in [-0.3, -0.25) is 0 Å². The molecule has 0 saturated heterocycles. The van der Waals surface area contributed by atoms with Crippen molar-refractivity contribution in [3.8, 4) is 17.2 Å². The van der Waals surface area contributed by atoms with Crippen LogP contribution < -0.4 is 26.4 Å². The van der Waals surface area contributed by atoms with Crippen molar-refractivity contribution in [3.63, 3.8) is 0 Å². The predicted octanol–water partition coefficient (Wildman–Crippen LogP) is 0.886. The van der Waals surface area contributed by atoms with E-state index in [1.165, 1.54) is 10.6 Å². The molecule has 0 bridgehead atoms. The molecule has 0 N–H and O–H groups in total. The summed E-state index contributed by atoms with van der Waals surface area (Å²) in [6.07, 6.45) is -7.81. The van der Waals surface area contributed by atoms with Crippen molar-refractivity contribution in [1.29, 1.82) is 0 Å². The highest BCUT2D eigenvalue weighted by Crippen LogP contribution is 2.47. The Morgan fingerprint density at radius 2 is 1.57 bits per heavy atom. The Morgan fingerprint density at radius 1 is 0.957 bits per heavy atom. The number of aryl methyl sites for hydroxylation is 1. The van der Waals surface area contributed by atoms with Crippen molar-refractivity contribution in [1.82, 2.24) is 0 Å². The second kappa shape index (κ2) is 5.72. The van der Waals surface area contributed by atoms with Gasteiger partial charge in [-0.1, -0.05) is 0 Å². The Labute approximate surface area is 139 Å². The molecule has 2 aromatic rings. The van der Waals surface area contributed by atoms with Gasteiger partial charge >= 0.3 is 12.2 Å². The molecule has 0 aliphatic carbocycles. The van der Waals surface area contributed by atoms with E-state index in [-0.39, 0.29) is 12.4 Å². The molecular formula is C14H9Cl2F4NO2. The molecule has 0 unspecified atom stereocenters. The van der Waals surface area contributed by atoms with Gasteiger partial charge in [-0.25, -0.2) is 0 Å². The first-order valence-electron chi connectivity index (χ1n) is 6.15. The molecule has 1 aromatic carbocycles. The first-order chi connectivity index (χ1) is 10.2. The molecule has 0 spiro atoms. The number of ether oxygens (including phenoxy) is 2. The zero-order valence-electron chi connectivity index (χ0n) is 11.5. The normalized spacial score (nSPS) is 17.3. The van der Waals surface area contributed by atoms with Crippen LogP contribution in [0.2, 0.25) is 5.15 Å². The van der Waals surface area contributed by atoms with Crippen LogP contribution in [-0.4, -0.2) is 12.2 Å². The molecule has 124 valence electrons. The Kier molecular flexibility index (Phi) is 4.38. The van der Waals surface area contributed by atoms with Gasteiger partial charge in [0.1, 0.15) is 0 Å². The number of pyridine rings is 1. The van der Waals surface area contributed by atoms with Crippen LogP contribution in [0.25, 0.3) is 5.69 Å². The SMILES string of the molecule is Cc1ccc(Cl)[n+](-c2ccc3c(c2)OC(F)(F)C(F)(F)O3)c1.[Cl-]. The van der Waals surface area contributed by atoms with Gasteiger partial charge in [0.15, 0.2) is 17.7 Å². The Bertz CT molecular complexity index is 756. The highest BCUT2D eigenvalue weighted by Gasteiger charge is 2.66. The molecule has 2 heterocycles. The van der Waals surface area contributed by atoms with Crippen molar-refractivity contribution in [2.24, 2.45) is 0 Å². The standard InChI is InChI=1S/C14H9ClF4NO2.ClH/c1-8-2-5-12(15)20(7-8)9-3-4-10-11(6-9)22-14(18,19)13(16,17)21-10;/h2-7H,1H3;1H/q+1;/p-1. The van der Waals surface area contributed by atoms with Crippen LogP contribution in [0, 0.1) is 6.92 Å². The summed E-state index contributed by atoms with van der Waals surface area (Å²) in [7, 11) is 0. The fourth-order valence-corrected chi connectivity index (χ4v) is 2.20. The minimum absolute atomic E-state index is 0. The number of aromatic nitrogens is 1. The molecule has 0 amide bonds. The summed E-state index contributed by atoms with van der Waals surface area (Å²) in [4.78, 5) is 0. The number of hydrogen-bond donors (Lipinski definition) is 0. The molecule has 1 aromatic heterocycles. The third-order valence-electron chi connectivity index (χ3n) is 3.07. The summed E-state index contributed by atoms with van der Waals surface area (Å²) in [5.41, 5.74) is 1.24. The van der Waals surface area contributed by atoms with E-state index >= 15 is 0 Å². The average molecular weight is 370 g/mol. The third-order valence-corrected chi connectivity index (χ3v) is 3.38. The first kappa shape index (κ1) is 17.6. The Morgan fingerprint density at radius 3 is 2.22 bits per heavy atom. The minimum Gasteiger partial charge on any atom is -1.00 e. The van der Waals surface area contributed by atoms with Crippen molar-refractivity contribution >= 4 is 11.6 Å². The lowest BCUT2D eigenvalue weighted by molar-refractivity contribution is -0.593. The lowest BCUT2D eigenvalue weighted by Gasteiger charge is -2.31. The summed E-state index contributed by atoms with van der Waals surface area (Å²) in [6.45, 7) is 1.82. The molecule has 9 heteroatoms. The summed E-state index contributed by atoms with van der Waals surface area (Å²) < 4.78 is 62.2. The maximum absolute atomic E-state index is 13.2. The van der Waals surface area contributed by atoms with Crippen molar-refractivity contribution < 1.29 is 44.0 Å². The van der Waals surface area contributed by atoms with E-state index in [1.54, 1.807) is 18.3 Å². The molecule has 0 saturated carbocycles. The second-order valence-corrected chi connectivity index (χ2v) is 5.16. The van der Waals surface area contributed by atoms with Crippen LogP contribution in [0.5, 0.6) is 11.5 Å². The topological polar surface area (TPSA) is 22.3 Å². The molecular weight excluding hydrogens is 361 g/mol. The van der Waals surface area contributed by atoms with E-state index in [2.05, 4.69) is 9.47 Å². The molecule has 1 aliphatic rings. The summed E-state index contributed by atoms with van der Waals surface area (Å²) in [5.74, 6) is -0.956. The van der Waals surface area contributed by atoms with Crippen molar-refractivity contribution in [2.45, 2.75) is 19.1 Å². The molecule has 23 heavy (non-hydrogen) atoms. The van der Waals surface area contributed by atoms with E-state index in [1.807, 2.05) is 6.92 Å². The lowest BCUT2D eigenvalue weighted by Crippen LogP contribution is -3.00. The summed E-state index contributed by atoms with van der Waals surface area (Å²) in [5, 5.41) is 0.319. The Balaban J connectivity index is 0.00000192. The molecule has 3 nitrogen and oxygen atoms in total. The van der Waals surface area contributed by atoms with Crippen LogP contribution in [-0.2, 0) is 0 Å². The van der Waals surface area contributed by atoms with Gasteiger partial charge in [-0.2, -0.15) is 17.6 Å². The second-order valence-electron chi connectivity index (χ2n) is 4.77. The van der Waals surface area contributed by atoms with Gasteiger partial charge in [0.25, 0.3) is 5.15 Å². The van der Waals surface area contributed by atoms with E-state index in [9.17, 15) is 17.6 Å². The number of hydrogen-bond acceptors (Lipinski definition) is 2. The number of benzene rings is 1. The maximum Gasteiger partial charge on any atom is 0.507 e. The average Bonchev–Trinajstić information content (AvgIpc) is 2.42. The minimum atomic E-state index is -4.75. The van der Waals surface area contributed by atoms with Crippen molar-refractivity contribution in [2.75, 3.05) is 0 Å². The number of halogens is 6. The fraction of sp³-hybridized carbons (Fsp3) is 0.214. The smallest absolute Gasteiger partial charge is 0.507 e. The number of nitrogens with zero attached hydrogens (tertiary/aromatic N) is 1. The van der Waals surface area contributed by atoms with Crippen molar-refractivity contribution in [3.05, 3.63) is 47.2 Å². The molecule has 0 radical (unpaired) electrons. The predicted molar refractivity (Wildman–Crippen MR) is 68.9 cm³/mol. The molecule has 3 rings (SSSR count). The fourth-order valence-electron chi connectivity index (χ4n) is 1.99. The number of rotatable bonds is 1. The highest BCUT2D eigenvalue weighted by molar-refractivity contribution is 6.28. The van der Waals surface area contributed by atoms with Gasteiger partial charge in [0.2, 0.25) is 5.69 Å². The molecule has 0 fully saturated rings. The Hall–Kier alpha value is -1.73. The zero-order chi connectivity index (χ0) is 16.1. The first-order valence-corrected chi connectivity index (χ1v) is 6.53. The molecule has 1 aliphatic heterocycles. The van der Waals surface area contributed by atoms with Crippen LogP contribution in [0.4, 0.5) is 17.6 Å². The van der Waals surface area contributed by atoms with Crippen LogP contribution in [0.3, 0.4) is 0 Å². The lowest BCUT2D eigenvalue weighted by atomic mass is 10.2. The van der Waals surface area contributed by atoms with Crippen LogP contribution in [0.15, 0.2) is 36.5 Å². The van der Waals surface area contributed by atoms with E-state index in [4.69, 9.17) is 11.6 Å².